The molecule has 0 amide bonds. The van der Waals surface area contributed by atoms with E-state index >= 15 is 0 Å². The molecule has 25 heavy (non-hydrogen) atoms. The molecule has 3 nitrogen and oxygen atoms in total. The van der Waals surface area contributed by atoms with Gasteiger partial charge in [-0.2, -0.15) is 0 Å². The second-order valence-corrected chi connectivity index (χ2v) is 7.60. The van der Waals surface area contributed by atoms with Gasteiger partial charge in [0.05, 0.1) is 6.61 Å². The molecule has 0 radical (unpaired) electrons. The van der Waals surface area contributed by atoms with Crippen LogP contribution >= 0.6 is 23.4 Å². The van der Waals surface area contributed by atoms with Gasteiger partial charge in [0.25, 0.3) is 0 Å². The molecule has 130 valence electrons. The number of rotatable bonds is 6. The van der Waals surface area contributed by atoms with Crippen LogP contribution in [0, 0.1) is 0 Å². The van der Waals surface area contributed by atoms with Crippen molar-refractivity contribution in [2.45, 2.75) is 30.5 Å². The summed E-state index contributed by atoms with van der Waals surface area (Å²) >= 11 is 7.51. The maximum Gasteiger partial charge on any atom is 0.319 e. The van der Waals surface area contributed by atoms with Gasteiger partial charge in [0.1, 0.15) is 5.25 Å². The zero-order chi connectivity index (χ0) is 17.8. The molecule has 0 N–H and O–H groups in total. The van der Waals surface area contributed by atoms with Gasteiger partial charge in [-0.25, -0.2) is 0 Å². The highest BCUT2D eigenvalue weighted by Crippen LogP contribution is 2.33. The number of hydrogen-bond acceptors (Lipinski definition) is 3. The number of ether oxygens (including phenoxy) is 1. The summed E-state index contributed by atoms with van der Waals surface area (Å²) in [5.74, 6) is -0.179. The predicted octanol–water partition coefficient (Wildman–Crippen LogP) is 5.39. The zero-order valence-corrected chi connectivity index (χ0v) is 15.8. The monoisotopic (exact) mass is 373 g/mol. The molecule has 2 aromatic carbocycles. The van der Waals surface area contributed by atoms with Crippen molar-refractivity contribution in [1.29, 1.82) is 0 Å². The van der Waals surface area contributed by atoms with Crippen LogP contribution < -0.4 is 0 Å². The first-order chi connectivity index (χ1) is 12.1. The third-order valence-electron chi connectivity index (χ3n) is 3.94. The topological polar surface area (TPSA) is 31.2 Å². The normalized spacial score (nSPS) is 12.3. The molecule has 3 rings (SSSR count). The molecule has 3 aromatic rings. The van der Waals surface area contributed by atoms with Gasteiger partial charge in [-0.15, -0.1) is 11.8 Å². The highest BCUT2D eigenvalue weighted by atomic mass is 35.5. The molecule has 1 atom stereocenters. The standard InChI is InChI=1S/C20H20ClNO2S/c1-3-24-20(23)14(2)25-19-13-22(18-7-5-4-6-17(18)19)12-15-8-10-16(21)11-9-15/h4-11,13-14H,3,12H2,1-2H3. The van der Waals surface area contributed by atoms with Crippen LogP contribution in [0.1, 0.15) is 19.4 Å². The Labute approximate surface area is 156 Å². The molecule has 0 aliphatic heterocycles. The molecule has 0 fully saturated rings. The Kier molecular flexibility index (Phi) is 5.71. The van der Waals surface area contributed by atoms with E-state index in [4.69, 9.17) is 16.3 Å². The summed E-state index contributed by atoms with van der Waals surface area (Å²) in [5.41, 5.74) is 2.33. The van der Waals surface area contributed by atoms with Crippen molar-refractivity contribution in [3.63, 3.8) is 0 Å². The number of carbonyl (C=O) groups is 1. The van der Waals surface area contributed by atoms with Crippen molar-refractivity contribution < 1.29 is 9.53 Å². The number of benzene rings is 2. The summed E-state index contributed by atoms with van der Waals surface area (Å²) in [5, 5.41) is 1.65. The number of carbonyl (C=O) groups excluding carboxylic acids is 1. The highest BCUT2D eigenvalue weighted by molar-refractivity contribution is 8.00. The van der Waals surface area contributed by atoms with E-state index in [1.54, 1.807) is 0 Å². The Hall–Kier alpha value is -1.91. The molecular formula is C20H20ClNO2S. The quantitative estimate of drug-likeness (QED) is 0.429. The fraction of sp³-hybridized carbons (Fsp3) is 0.250. The van der Waals surface area contributed by atoms with Gasteiger partial charge in [-0.05, 0) is 37.6 Å². The van der Waals surface area contributed by atoms with Gasteiger partial charge in [0.2, 0.25) is 0 Å². The van der Waals surface area contributed by atoms with E-state index in [2.05, 4.69) is 22.9 Å². The Balaban J connectivity index is 1.90. The first-order valence-electron chi connectivity index (χ1n) is 8.24. The molecule has 1 aromatic heterocycles. The fourth-order valence-electron chi connectivity index (χ4n) is 2.72. The van der Waals surface area contributed by atoms with Crippen LogP contribution in [0.15, 0.2) is 59.6 Å². The lowest BCUT2D eigenvalue weighted by molar-refractivity contribution is -0.142. The van der Waals surface area contributed by atoms with Crippen molar-refractivity contribution in [2.75, 3.05) is 6.61 Å². The largest absolute Gasteiger partial charge is 0.465 e. The van der Waals surface area contributed by atoms with Gasteiger partial charge in [-0.1, -0.05) is 41.9 Å². The van der Waals surface area contributed by atoms with Crippen LogP contribution in [0.2, 0.25) is 5.02 Å². The van der Waals surface area contributed by atoms with Crippen LogP contribution in [0.25, 0.3) is 10.9 Å². The van der Waals surface area contributed by atoms with E-state index in [0.29, 0.717) is 6.61 Å². The van der Waals surface area contributed by atoms with Crippen molar-refractivity contribution in [1.82, 2.24) is 4.57 Å². The van der Waals surface area contributed by atoms with Crippen LogP contribution in [0.5, 0.6) is 0 Å². The Morgan fingerprint density at radius 1 is 1.20 bits per heavy atom. The van der Waals surface area contributed by atoms with E-state index in [1.165, 1.54) is 17.3 Å². The maximum absolute atomic E-state index is 12.0. The molecule has 0 spiro atoms. The third kappa shape index (κ3) is 4.20. The number of esters is 1. The van der Waals surface area contributed by atoms with Gasteiger partial charge >= 0.3 is 5.97 Å². The predicted molar refractivity (Wildman–Crippen MR) is 104 cm³/mol. The molecule has 5 heteroatoms. The van der Waals surface area contributed by atoms with Crippen LogP contribution in [-0.2, 0) is 16.1 Å². The van der Waals surface area contributed by atoms with Gasteiger partial charge in [0.15, 0.2) is 0 Å². The van der Waals surface area contributed by atoms with E-state index in [0.717, 1.165) is 27.4 Å². The van der Waals surface area contributed by atoms with Crippen LogP contribution in [0.4, 0.5) is 0 Å². The molecular weight excluding hydrogens is 354 g/mol. The van der Waals surface area contributed by atoms with E-state index in [-0.39, 0.29) is 11.2 Å². The third-order valence-corrected chi connectivity index (χ3v) is 5.32. The maximum atomic E-state index is 12.0. The second-order valence-electron chi connectivity index (χ2n) is 5.78. The molecule has 1 heterocycles. The summed E-state index contributed by atoms with van der Waals surface area (Å²) < 4.78 is 7.33. The van der Waals surface area contributed by atoms with Gasteiger partial charge in [-0.3, -0.25) is 4.79 Å². The highest BCUT2D eigenvalue weighted by Gasteiger charge is 2.18. The van der Waals surface area contributed by atoms with Crippen molar-refractivity contribution in [3.8, 4) is 0 Å². The van der Waals surface area contributed by atoms with Gasteiger partial charge < -0.3 is 9.30 Å². The number of fused-ring (bicyclic) bond motifs is 1. The summed E-state index contributed by atoms with van der Waals surface area (Å²) in [6.07, 6.45) is 2.11. The smallest absolute Gasteiger partial charge is 0.319 e. The number of aromatic nitrogens is 1. The lowest BCUT2D eigenvalue weighted by Crippen LogP contribution is -2.16. The molecule has 1 unspecified atom stereocenters. The average Bonchev–Trinajstić information content (AvgIpc) is 2.95. The number of thioether (sulfide) groups is 1. The van der Waals surface area contributed by atoms with Crippen LogP contribution in [-0.4, -0.2) is 22.4 Å². The Bertz CT molecular complexity index is 873. The summed E-state index contributed by atoms with van der Waals surface area (Å²) in [4.78, 5) is 13.0. The lowest BCUT2D eigenvalue weighted by atomic mass is 10.2. The Morgan fingerprint density at radius 2 is 1.92 bits per heavy atom. The fourth-order valence-corrected chi connectivity index (χ4v) is 3.88. The minimum absolute atomic E-state index is 0.179. The second kappa shape index (κ2) is 7.98. The molecule has 0 saturated heterocycles. The molecule has 0 saturated carbocycles. The van der Waals surface area contributed by atoms with E-state index in [1.807, 2.05) is 50.2 Å². The van der Waals surface area contributed by atoms with Crippen molar-refractivity contribution in [3.05, 3.63) is 65.3 Å². The SMILES string of the molecule is CCOC(=O)C(C)Sc1cn(Cc2ccc(Cl)cc2)c2ccccc12. The number of halogens is 1. The zero-order valence-electron chi connectivity index (χ0n) is 14.2. The molecule has 0 aliphatic rings. The van der Waals surface area contributed by atoms with Crippen LogP contribution in [0.3, 0.4) is 0 Å². The first kappa shape index (κ1) is 17.9. The minimum atomic E-state index is -0.241. The minimum Gasteiger partial charge on any atom is -0.465 e. The van der Waals surface area contributed by atoms with Gasteiger partial charge in [0, 0.05) is 33.6 Å². The first-order valence-corrected chi connectivity index (χ1v) is 9.50. The number of para-hydroxylation sites is 1. The van der Waals surface area contributed by atoms with Crippen molar-refractivity contribution >= 4 is 40.2 Å². The summed E-state index contributed by atoms with van der Waals surface area (Å²) in [6, 6.07) is 16.1. The van der Waals surface area contributed by atoms with Crippen molar-refractivity contribution in [2.24, 2.45) is 0 Å². The molecule has 0 aliphatic carbocycles. The molecule has 0 bridgehead atoms. The van der Waals surface area contributed by atoms with E-state index < -0.39 is 0 Å². The average molecular weight is 374 g/mol. The number of nitrogens with zero attached hydrogens (tertiary/aromatic N) is 1. The van der Waals surface area contributed by atoms with E-state index in [9.17, 15) is 4.79 Å². The number of hydrogen-bond donors (Lipinski definition) is 0. The lowest BCUT2D eigenvalue weighted by Gasteiger charge is -2.09. The summed E-state index contributed by atoms with van der Waals surface area (Å²) in [6.45, 7) is 4.87. The summed E-state index contributed by atoms with van der Waals surface area (Å²) in [7, 11) is 0. The Morgan fingerprint density at radius 3 is 2.64 bits per heavy atom.